The molecule has 0 saturated carbocycles. The number of piperazine rings is 1. The van der Waals surface area contributed by atoms with Gasteiger partial charge in [-0.1, -0.05) is 17.7 Å². The van der Waals surface area contributed by atoms with E-state index < -0.39 is 12.0 Å². The highest BCUT2D eigenvalue weighted by atomic mass is 16.4. The van der Waals surface area contributed by atoms with Crippen molar-refractivity contribution >= 4 is 11.9 Å². The summed E-state index contributed by atoms with van der Waals surface area (Å²) in [6, 6.07) is 6.63. The predicted molar refractivity (Wildman–Crippen MR) is 66.5 cm³/mol. The molecular formula is C13H16N2O3. The zero-order valence-corrected chi connectivity index (χ0v) is 10.2. The van der Waals surface area contributed by atoms with Gasteiger partial charge in [0.1, 0.15) is 6.04 Å². The summed E-state index contributed by atoms with van der Waals surface area (Å²) in [4.78, 5) is 24.7. The average Bonchev–Trinajstić information content (AvgIpc) is 2.39. The summed E-state index contributed by atoms with van der Waals surface area (Å²) in [6.07, 6.45) is 0. The van der Waals surface area contributed by atoms with Crippen molar-refractivity contribution in [2.75, 3.05) is 19.6 Å². The lowest BCUT2D eigenvalue weighted by molar-refractivity contribution is -0.140. The van der Waals surface area contributed by atoms with Crippen molar-refractivity contribution in [1.29, 1.82) is 0 Å². The van der Waals surface area contributed by atoms with Gasteiger partial charge in [0.25, 0.3) is 5.91 Å². The van der Waals surface area contributed by atoms with E-state index in [1.165, 1.54) is 0 Å². The standard InChI is InChI=1S/C13H16N2O3/c1-9-2-4-10(5-3-9)12(16)15-7-6-14-11(8-15)13(17)18/h2-5,11,14H,6-8H2,1H3,(H,17,18). The summed E-state index contributed by atoms with van der Waals surface area (Å²) in [5.41, 5.74) is 1.70. The summed E-state index contributed by atoms with van der Waals surface area (Å²) in [5, 5.41) is 11.8. The fourth-order valence-electron chi connectivity index (χ4n) is 1.98. The van der Waals surface area contributed by atoms with Crippen molar-refractivity contribution in [2.45, 2.75) is 13.0 Å². The number of hydrogen-bond acceptors (Lipinski definition) is 3. The molecule has 1 saturated heterocycles. The number of carbonyl (C=O) groups excluding carboxylic acids is 1. The van der Waals surface area contributed by atoms with E-state index in [-0.39, 0.29) is 12.5 Å². The first kappa shape index (κ1) is 12.6. The van der Waals surface area contributed by atoms with Crippen LogP contribution in [0, 0.1) is 6.92 Å². The monoisotopic (exact) mass is 248 g/mol. The van der Waals surface area contributed by atoms with Crippen LogP contribution in [-0.4, -0.2) is 47.6 Å². The zero-order chi connectivity index (χ0) is 13.1. The van der Waals surface area contributed by atoms with Crippen molar-refractivity contribution in [1.82, 2.24) is 10.2 Å². The number of nitrogens with one attached hydrogen (secondary N) is 1. The van der Waals surface area contributed by atoms with E-state index in [4.69, 9.17) is 5.11 Å². The molecule has 0 aliphatic carbocycles. The molecule has 2 rings (SSSR count). The Labute approximate surface area is 105 Å². The maximum Gasteiger partial charge on any atom is 0.322 e. The van der Waals surface area contributed by atoms with Crippen molar-refractivity contribution in [3.8, 4) is 0 Å². The fourth-order valence-corrected chi connectivity index (χ4v) is 1.98. The number of hydrogen-bond donors (Lipinski definition) is 2. The first-order valence-corrected chi connectivity index (χ1v) is 5.90. The number of aliphatic carboxylic acids is 1. The molecule has 1 amide bonds. The van der Waals surface area contributed by atoms with Crippen LogP contribution in [0.1, 0.15) is 15.9 Å². The van der Waals surface area contributed by atoms with Gasteiger partial charge in [-0.05, 0) is 19.1 Å². The van der Waals surface area contributed by atoms with Gasteiger partial charge in [0.05, 0.1) is 0 Å². The van der Waals surface area contributed by atoms with Gasteiger partial charge < -0.3 is 15.3 Å². The minimum absolute atomic E-state index is 0.109. The lowest BCUT2D eigenvalue weighted by atomic mass is 10.1. The quantitative estimate of drug-likeness (QED) is 0.799. The molecule has 1 aromatic carbocycles. The van der Waals surface area contributed by atoms with Crippen LogP contribution in [0.4, 0.5) is 0 Å². The molecule has 1 aromatic rings. The van der Waals surface area contributed by atoms with E-state index in [1.54, 1.807) is 17.0 Å². The maximum atomic E-state index is 12.2. The maximum absolute atomic E-state index is 12.2. The van der Waals surface area contributed by atoms with E-state index in [0.717, 1.165) is 5.56 Å². The van der Waals surface area contributed by atoms with Crippen LogP contribution in [0.15, 0.2) is 24.3 Å². The molecule has 1 aliphatic heterocycles. The third-order valence-electron chi connectivity index (χ3n) is 3.06. The highest BCUT2D eigenvalue weighted by Crippen LogP contribution is 2.09. The van der Waals surface area contributed by atoms with Gasteiger partial charge in [0.15, 0.2) is 0 Å². The lowest BCUT2D eigenvalue weighted by Gasteiger charge is -2.31. The molecule has 1 aliphatic rings. The molecule has 0 spiro atoms. The van der Waals surface area contributed by atoms with Crippen LogP contribution in [0.3, 0.4) is 0 Å². The Morgan fingerprint density at radius 2 is 2.00 bits per heavy atom. The Bertz CT molecular complexity index is 456. The molecule has 5 nitrogen and oxygen atoms in total. The molecule has 1 atom stereocenters. The van der Waals surface area contributed by atoms with Crippen molar-refractivity contribution in [3.63, 3.8) is 0 Å². The van der Waals surface area contributed by atoms with E-state index in [9.17, 15) is 9.59 Å². The van der Waals surface area contributed by atoms with Crippen LogP contribution in [0.5, 0.6) is 0 Å². The second-order valence-electron chi connectivity index (χ2n) is 4.46. The summed E-state index contributed by atoms with van der Waals surface area (Å²) in [7, 11) is 0. The minimum Gasteiger partial charge on any atom is -0.480 e. The Kier molecular flexibility index (Phi) is 3.62. The highest BCUT2D eigenvalue weighted by molar-refractivity contribution is 5.94. The van der Waals surface area contributed by atoms with Gasteiger partial charge in [-0.15, -0.1) is 0 Å². The first-order valence-electron chi connectivity index (χ1n) is 5.90. The Morgan fingerprint density at radius 3 is 2.61 bits per heavy atom. The summed E-state index contributed by atoms with van der Waals surface area (Å²) >= 11 is 0. The van der Waals surface area contributed by atoms with E-state index in [2.05, 4.69) is 5.32 Å². The number of amides is 1. The molecule has 2 N–H and O–H groups in total. The van der Waals surface area contributed by atoms with E-state index >= 15 is 0 Å². The molecular weight excluding hydrogens is 232 g/mol. The molecule has 1 heterocycles. The molecule has 0 radical (unpaired) electrons. The van der Waals surface area contributed by atoms with Gasteiger partial charge in [-0.2, -0.15) is 0 Å². The Hall–Kier alpha value is -1.88. The fraction of sp³-hybridized carbons (Fsp3) is 0.385. The van der Waals surface area contributed by atoms with Crippen LogP contribution < -0.4 is 5.32 Å². The largest absolute Gasteiger partial charge is 0.480 e. The molecule has 5 heteroatoms. The van der Waals surface area contributed by atoms with Crippen molar-refractivity contribution in [3.05, 3.63) is 35.4 Å². The van der Waals surface area contributed by atoms with E-state index in [1.807, 2.05) is 19.1 Å². The van der Waals surface area contributed by atoms with Crippen LogP contribution in [0.25, 0.3) is 0 Å². The number of aryl methyl sites for hydroxylation is 1. The van der Waals surface area contributed by atoms with Gasteiger partial charge in [-0.3, -0.25) is 9.59 Å². The smallest absolute Gasteiger partial charge is 0.322 e. The SMILES string of the molecule is Cc1ccc(C(=O)N2CCNC(C(=O)O)C2)cc1. The van der Waals surface area contributed by atoms with Crippen LogP contribution in [-0.2, 0) is 4.79 Å². The topological polar surface area (TPSA) is 69.6 Å². The van der Waals surface area contributed by atoms with Crippen LogP contribution in [0.2, 0.25) is 0 Å². The third-order valence-corrected chi connectivity index (χ3v) is 3.06. The number of carboxylic acids is 1. The second-order valence-corrected chi connectivity index (χ2v) is 4.46. The summed E-state index contributed by atoms with van der Waals surface area (Å²) in [6.45, 7) is 3.21. The van der Waals surface area contributed by atoms with Gasteiger partial charge >= 0.3 is 5.97 Å². The second kappa shape index (κ2) is 5.18. The number of rotatable bonds is 2. The van der Waals surface area contributed by atoms with Crippen molar-refractivity contribution in [2.24, 2.45) is 0 Å². The molecule has 1 unspecified atom stereocenters. The highest BCUT2D eigenvalue weighted by Gasteiger charge is 2.28. The first-order chi connectivity index (χ1) is 8.58. The molecule has 0 bridgehead atoms. The Balaban J connectivity index is 2.09. The minimum atomic E-state index is -0.920. The zero-order valence-electron chi connectivity index (χ0n) is 10.2. The Morgan fingerprint density at radius 1 is 1.33 bits per heavy atom. The predicted octanol–water partition coefficient (Wildman–Crippen LogP) is 0.494. The molecule has 96 valence electrons. The lowest BCUT2D eigenvalue weighted by Crippen LogP contribution is -2.55. The van der Waals surface area contributed by atoms with E-state index in [0.29, 0.717) is 18.7 Å². The number of benzene rings is 1. The number of carboxylic acid groups (broad SMARTS) is 1. The average molecular weight is 248 g/mol. The number of carbonyl (C=O) groups is 2. The third kappa shape index (κ3) is 2.68. The van der Waals surface area contributed by atoms with Gasteiger partial charge in [0.2, 0.25) is 0 Å². The normalized spacial score (nSPS) is 19.6. The summed E-state index contributed by atoms with van der Waals surface area (Å²) < 4.78 is 0. The summed E-state index contributed by atoms with van der Waals surface area (Å²) in [5.74, 6) is -1.03. The number of nitrogens with zero attached hydrogens (tertiary/aromatic N) is 1. The molecule has 0 aromatic heterocycles. The van der Waals surface area contributed by atoms with Crippen LogP contribution >= 0.6 is 0 Å². The van der Waals surface area contributed by atoms with Gasteiger partial charge in [0, 0.05) is 25.2 Å². The molecule has 18 heavy (non-hydrogen) atoms. The van der Waals surface area contributed by atoms with Crippen molar-refractivity contribution < 1.29 is 14.7 Å². The molecule has 1 fully saturated rings. The van der Waals surface area contributed by atoms with Gasteiger partial charge in [-0.25, -0.2) is 0 Å².